The van der Waals surface area contributed by atoms with Gasteiger partial charge in [0.25, 0.3) is 0 Å². The van der Waals surface area contributed by atoms with E-state index < -0.39 is 17.5 Å². The summed E-state index contributed by atoms with van der Waals surface area (Å²) in [6, 6.07) is 9.49. The molecule has 5 nitrogen and oxygen atoms in total. The van der Waals surface area contributed by atoms with Gasteiger partial charge in [0.1, 0.15) is 6.33 Å². The van der Waals surface area contributed by atoms with Crippen molar-refractivity contribution in [1.29, 1.82) is 0 Å². The van der Waals surface area contributed by atoms with E-state index in [1.807, 2.05) is 35.2 Å². The average molecular weight is 378 g/mol. The van der Waals surface area contributed by atoms with Gasteiger partial charge >= 0.3 is 6.18 Å². The third-order valence-electron chi connectivity index (χ3n) is 5.69. The summed E-state index contributed by atoms with van der Waals surface area (Å²) < 4.78 is 46.4. The van der Waals surface area contributed by atoms with Crippen LogP contribution >= 0.6 is 0 Å². The molecule has 2 fully saturated rings. The Hall–Kier alpha value is -2.22. The Morgan fingerprint density at radius 2 is 1.81 bits per heavy atom. The molecule has 1 unspecified atom stereocenters. The lowest BCUT2D eigenvalue weighted by atomic mass is 9.66. The van der Waals surface area contributed by atoms with Crippen molar-refractivity contribution in [2.24, 2.45) is 11.3 Å². The Balaban J connectivity index is 1.62. The van der Waals surface area contributed by atoms with Crippen LogP contribution in [0.2, 0.25) is 0 Å². The summed E-state index contributed by atoms with van der Waals surface area (Å²) in [6.07, 6.45) is -1.90. The molecule has 1 atom stereocenters. The minimum atomic E-state index is -4.20. The highest BCUT2D eigenvalue weighted by atomic mass is 19.4. The van der Waals surface area contributed by atoms with Gasteiger partial charge in [0.05, 0.1) is 5.92 Å². The third kappa shape index (κ3) is 3.63. The Labute approximate surface area is 155 Å². The monoisotopic (exact) mass is 378 g/mol. The second-order valence-corrected chi connectivity index (χ2v) is 7.25. The molecule has 0 bridgehead atoms. The van der Waals surface area contributed by atoms with E-state index in [0.717, 1.165) is 5.56 Å². The van der Waals surface area contributed by atoms with Gasteiger partial charge in [-0.25, -0.2) is 9.97 Å². The molecule has 144 valence electrons. The van der Waals surface area contributed by atoms with Gasteiger partial charge in [0.15, 0.2) is 5.82 Å². The fourth-order valence-electron chi connectivity index (χ4n) is 4.29. The lowest BCUT2D eigenvalue weighted by molar-refractivity contribution is -0.223. The van der Waals surface area contributed by atoms with Crippen LogP contribution in [-0.2, 0) is 4.74 Å². The number of halogens is 3. The van der Waals surface area contributed by atoms with Gasteiger partial charge in [-0.2, -0.15) is 18.2 Å². The highest BCUT2D eigenvalue weighted by Gasteiger charge is 2.56. The zero-order valence-electron chi connectivity index (χ0n) is 14.8. The lowest BCUT2D eigenvalue weighted by Gasteiger charge is -2.50. The van der Waals surface area contributed by atoms with Crippen LogP contribution in [0.5, 0.6) is 0 Å². The predicted octanol–water partition coefficient (Wildman–Crippen LogP) is 3.72. The van der Waals surface area contributed by atoms with Gasteiger partial charge in [-0.15, -0.1) is 0 Å². The molecule has 3 heterocycles. The molecule has 4 rings (SSSR count). The van der Waals surface area contributed by atoms with E-state index in [2.05, 4.69) is 15.0 Å². The predicted molar refractivity (Wildman–Crippen MR) is 94.1 cm³/mol. The maximum absolute atomic E-state index is 13.7. The van der Waals surface area contributed by atoms with E-state index >= 15 is 0 Å². The van der Waals surface area contributed by atoms with E-state index in [4.69, 9.17) is 4.74 Å². The van der Waals surface area contributed by atoms with E-state index in [-0.39, 0.29) is 13.0 Å². The first-order chi connectivity index (χ1) is 13.0. The summed E-state index contributed by atoms with van der Waals surface area (Å²) in [7, 11) is 0. The molecular formula is C19H21F3N4O. The standard InChI is InChI=1S/C19H21F3N4O/c20-19(21,22)15-6-9-26(12-18(15)7-10-27-11-8-18)17-24-13-23-16(25-17)14-4-2-1-3-5-14/h1-5,13,15H,6-12H2. The van der Waals surface area contributed by atoms with Crippen LogP contribution in [0, 0.1) is 11.3 Å². The number of alkyl halides is 3. The van der Waals surface area contributed by atoms with Crippen molar-refractivity contribution in [3.05, 3.63) is 36.7 Å². The SMILES string of the molecule is FC(F)(F)C1CCN(c2ncnc(-c3ccccc3)n2)CC12CCOCC2. The van der Waals surface area contributed by atoms with Gasteiger partial charge in [-0.1, -0.05) is 30.3 Å². The highest BCUT2D eigenvalue weighted by Crippen LogP contribution is 2.51. The zero-order valence-corrected chi connectivity index (χ0v) is 14.8. The fraction of sp³-hybridized carbons (Fsp3) is 0.526. The first kappa shape index (κ1) is 18.2. The molecule has 0 radical (unpaired) electrons. The molecule has 8 heteroatoms. The minimum absolute atomic E-state index is 0.0514. The Bertz CT molecular complexity index is 778. The van der Waals surface area contributed by atoms with E-state index in [1.54, 1.807) is 0 Å². The summed E-state index contributed by atoms with van der Waals surface area (Å²) in [4.78, 5) is 14.9. The number of piperidine rings is 1. The van der Waals surface area contributed by atoms with Crippen molar-refractivity contribution in [3.63, 3.8) is 0 Å². The molecule has 2 aliphatic rings. The number of ether oxygens (including phenoxy) is 1. The van der Waals surface area contributed by atoms with Crippen LogP contribution in [0.3, 0.4) is 0 Å². The molecule has 2 aromatic rings. The van der Waals surface area contributed by atoms with Gasteiger partial charge in [-0.05, 0) is 19.3 Å². The molecule has 0 saturated carbocycles. The van der Waals surface area contributed by atoms with Gasteiger partial charge in [-0.3, -0.25) is 0 Å². The molecule has 2 aliphatic heterocycles. The van der Waals surface area contributed by atoms with E-state index in [1.165, 1.54) is 6.33 Å². The topological polar surface area (TPSA) is 51.1 Å². The number of nitrogens with zero attached hydrogens (tertiary/aromatic N) is 4. The first-order valence-electron chi connectivity index (χ1n) is 9.12. The van der Waals surface area contributed by atoms with Gasteiger partial charge < -0.3 is 9.64 Å². The Kier molecular flexibility index (Phi) is 4.75. The second-order valence-electron chi connectivity index (χ2n) is 7.25. The number of benzene rings is 1. The lowest BCUT2D eigenvalue weighted by Crippen LogP contribution is -2.56. The maximum atomic E-state index is 13.7. The molecule has 1 aromatic carbocycles. The van der Waals surface area contributed by atoms with Crippen molar-refractivity contribution in [2.75, 3.05) is 31.2 Å². The summed E-state index contributed by atoms with van der Waals surface area (Å²) >= 11 is 0. The average Bonchev–Trinajstić information content (AvgIpc) is 2.68. The van der Waals surface area contributed by atoms with Crippen molar-refractivity contribution >= 4 is 5.95 Å². The second kappa shape index (κ2) is 7.07. The summed E-state index contributed by atoms with van der Waals surface area (Å²) in [6.45, 7) is 1.31. The number of rotatable bonds is 2. The van der Waals surface area contributed by atoms with Crippen LogP contribution in [0.1, 0.15) is 19.3 Å². The number of hydrogen-bond donors (Lipinski definition) is 0. The van der Waals surface area contributed by atoms with Crippen LogP contribution in [0.15, 0.2) is 36.7 Å². The summed E-state index contributed by atoms with van der Waals surface area (Å²) in [5.74, 6) is -0.338. The van der Waals surface area contributed by atoms with Crippen LogP contribution in [0.4, 0.5) is 19.1 Å². The normalized spacial score (nSPS) is 22.8. The molecular weight excluding hydrogens is 357 g/mol. The fourth-order valence-corrected chi connectivity index (χ4v) is 4.29. The number of anilines is 1. The number of hydrogen-bond acceptors (Lipinski definition) is 5. The van der Waals surface area contributed by atoms with Crippen molar-refractivity contribution in [1.82, 2.24) is 15.0 Å². The maximum Gasteiger partial charge on any atom is 0.392 e. The molecule has 0 aliphatic carbocycles. The van der Waals surface area contributed by atoms with Crippen LogP contribution < -0.4 is 4.90 Å². The molecule has 27 heavy (non-hydrogen) atoms. The largest absolute Gasteiger partial charge is 0.392 e. The summed E-state index contributed by atoms with van der Waals surface area (Å²) in [5.41, 5.74) is 0.0148. The molecule has 2 saturated heterocycles. The Morgan fingerprint density at radius 3 is 2.52 bits per heavy atom. The Morgan fingerprint density at radius 1 is 1.07 bits per heavy atom. The van der Waals surface area contributed by atoms with Crippen molar-refractivity contribution in [2.45, 2.75) is 25.4 Å². The quantitative estimate of drug-likeness (QED) is 0.797. The first-order valence-corrected chi connectivity index (χ1v) is 9.12. The zero-order chi connectivity index (χ0) is 18.9. The van der Waals surface area contributed by atoms with Gasteiger partial charge in [0, 0.05) is 37.3 Å². The molecule has 0 N–H and O–H groups in total. The third-order valence-corrected chi connectivity index (χ3v) is 5.69. The molecule has 1 spiro atoms. The summed E-state index contributed by atoms with van der Waals surface area (Å²) in [5, 5.41) is 0. The van der Waals surface area contributed by atoms with Crippen LogP contribution in [-0.4, -0.2) is 47.4 Å². The highest BCUT2D eigenvalue weighted by molar-refractivity contribution is 5.55. The van der Waals surface area contributed by atoms with Crippen molar-refractivity contribution < 1.29 is 17.9 Å². The molecule has 1 aromatic heterocycles. The van der Waals surface area contributed by atoms with Crippen LogP contribution in [0.25, 0.3) is 11.4 Å². The van der Waals surface area contributed by atoms with E-state index in [0.29, 0.717) is 44.4 Å². The minimum Gasteiger partial charge on any atom is -0.381 e. The smallest absolute Gasteiger partial charge is 0.381 e. The number of aromatic nitrogens is 3. The van der Waals surface area contributed by atoms with Crippen molar-refractivity contribution in [3.8, 4) is 11.4 Å². The van der Waals surface area contributed by atoms with Gasteiger partial charge in [0.2, 0.25) is 5.95 Å². The van der Waals surface area contributed by atoms with E-state index in [9.17, 15) is 13.2 Å². The molecule has 0 amide bonds.